The maximum Gasteiger partial charge on any atom is 1.00 e. The quantitative estimate of drug-likeness (QED) is 0.542. The molecule has 0 radical (unpaired) electrons. The van der Waals surface area contributed by atoms with Crippen LogP contribution in [0, 0.1) is 0 Å². The summed E-state index contributed by atoms with van der Waals surface area (Å²) in [5, 5.41) is 10.2. The van der Waals surface area contributed by atoms with Crippen LogP contribution in [0.1, 0.15) is 19.9 Å². The Bertz CT molecular complexity index is 371. The molecule has 0 unspecified atom stereocenters. The fourth-order valence-corrected chi connectivity index (χ4v) is 1.19. The summed E-state index contributed by atoms with van der Waals surface area (Å²) in [7, 11) is -3.90. The maximum atomic E-state index is 10.7. The first kappa shape index (κ1) is 13.1. The minimum atomic E-state index is -3.90. The molecule has 0 bridgehead atoms. The van der Waals surface area contributed by atoms with Gasteiger partial charge in [0.1, 0.15) is 10.0 Å². The van der Waals surface area contributed by atoms with Gasteiger partial charge in [-0.05, 0) is 19.9 Å². The van der Waals surface area contributed by atoms with Crippen LogP contribution in [-0.4, -0.2) is 18.2 Å². The number of rotatable bonds is 2. The number of hydrogen-bond donors (Lipinski definition) is 0. The number of hydrogen-bond acceptors (Lipinski definition) is 3. The summed E-state index contributed by atoms with van der Waals surface area (Å²) in [6.07, 6.45) is 1.55. The van der Waals surface area contributed by atoms with E-state index in [1.54, 1.807) is 6.20 Å². The Labute approximate surface area is 99.6 Å². The third-order valence-corrected chi connectivity index (χ3v) is 2.16. The van der Waals surface area contributed by atoms with Gasteiger partial charge in [-0.15, -0.1) is 0 Å². The van der Waals surface area contributed by atoms with Gasteiger partial charge in [-0.25, -0.2) is 8.42 Å². The van der Waals surface area contributed by atoms with Gasteiger partial charge < -0.3 is 5.14 Å². The van der Waals surface area contributed by atoms with Gasteiger partial charge in [0, 0.05) is 12.2 Å². The number of nitrogens with zero attached hydrogens (tertiary/aromatic N) is 2. The van der Waals surface area contributed by atoms with Crippen molar-refractivity contribution in [3.63, 3.8) is 0 Å². The smallest absolute Gasteiger partial charge is 0.558 e. The van der Waals surface area contributed by atoms with Crippen LogP contribution in [0.15, 0.2) is 17.3 Å². The molecule has 7 heteroatoms. The van der Waals surface area contributed by atoms with E-state index >= 15 is 0 Å². The van der Waals surface area contributed by atoms with Crippen molar-refractivity contribution in [2.45, 2.75) is 24.9 Å². The van der Waals surface area contributed by atoms with Crippen molar-refractivity contribution in [1.82, 2.24) is 9.78 Å². The predicted octanol–water partition coefficient (Wildman–Crippen LogP) is -1.79. The van der Waals surface area contributed by atoms with E-state index in [-0.39, 0.29) is 40.6 Å². The van der Waals surface area contributed by atoms with Crippen molar-refractivity contribution in [3.05, 3.63) is 17.4 Å². The third-order valence-electron chi connectivity index (χ3n) is 1.39. The van der Waals surface area contributed by atoms with Crippen LogP contribution in [0.2, 0.25) is 0 Å². The minimum absolute atomic E-state index is 0. The van der Waals surface area contributed by atoms with E-state index in [1.807, 2.05) is 13.8 Å². The molecule has 0 saturated carbocycles. The summed E-state index contributed by atoms with van der Waals surface area (Å²) in [6.45, 7) is 3.76. The zero-order valence-corrected chi connectivity index (χ0v) is 10.7. The van der Waals surface area contributed by atoms with Gasteiger partial charge >= 0.3 is 29.6 Å². The Kier molecular flexibility index (Phi) is 4.61. The molecule has 0 spiro atoms. The Balaban J connectivity index is 0.00000144. The Hall–Kier alpha value is 0.120. The van der Waals surface area contributed by atoms with Gasteiger partial charge in [-0.3, -0.25) is 4.68 Å². The Morgan fingerprint density at radius 1 is 1.54 bits per heavy atom. The minimum Gasteiger partial charge on any atom is -0.558 e. The monoisotopic (exact) mass is 211 g/mol. The molecule has 0 aromatic carbocycles. The van der Waals surface area contributed by atoms with E-state index in [0.717, 1.165) is 0 Å². The van der Waals surface area contributed by atoms with Gasteiger partial charge in [-0.2, -0.15) is 5.10 Å². The second-order valence-corrected chi connectivity index (χ2v) is 4.16. The van der Waals surface area contributed by atoms with Crippen LogP contribution in [0.3, 0.4) is 0 Å². The molecule has 0 amide bonds. The molecule has 1 aromatic heterocycles. The van der Waals surface area contributed by atoms with Crippen LogP contribution < -0.4 is 29.6 Å². The Morgan fingerprint density at radius 3 is 2.31 bits per heavy atom. The summed E-state index contributed by atoms with van der Waals surface area (Å²) in [4.78, 5) is 0. The van der Waals surface area contributed by atoms with Crippen molar-refractivity contribution < 1.29 is 38.0 Å². The van der Waals surface area contributed by atoms with E-state index in [0.29, 0.717) is 0 Å². The summed E-state index contributed by atoms with van der Waals surface area (Å²) in [5.41, 5.74) is 0. The summed E-state index contributed by atoms with van der Waals surface area (Å²) < 4.78 is 22.8. The van der Waals surface area contributed by atoms with Crippen LogP contribution in [0.4, 0.5) is 0 Å². The second kappa shape index (κ2) is 4.56. The molecular formula is C6H10N3NaO2S. The van der Waals surface area contributed by atoms with Gasteiger partial charge in [0.2, 0.25) is 0 Å². The van der Waals surface area contributed by atoms with Gasteiger partial charge in [0.25, 0.3) is 0 Å². The van der Waals surface area contributed by atoms with E-state index in [1.165, 1.54) is 10.7 Å². The van der Waals surface area contributed by atoms with E-state index < -0.39 is 10.0 Å². The summed E-state index contributed by atoms with van der Waals surface area (Å²) >= 11 is 0. The first-order valence-corrected chi connectivity index (χ1v) is 4.94. The molecule has 0 saturated heterocycles. The van der Waals surface area contributed by atoms with Gasteiger partial charge in [0.05, 0.1) is 0 Å². The largest absolute Gasteiger partial charge is 1.00 e. The molecule has 0 fully saturated rings. The normalized spacial score (nSPS) is 11.4. The van der Waals surface area contributed by atoms with E-state index in [4.69, 9.17) is 5.14 Å². The first-order chi connectivity index (χ1) is 5.41. The number of aromatic nitrogens is 2. The second-order valence-electron chi connectivity index (χ2n) is 2.73. The zero-order valence-electron chi connectivity index (χ0n) is 7.85. The topological polar surface area (TPSA) is 75.8 Å². The molecule has 1 aromatic rings. The molecule has 1 N–H and O–H groups in total. The molecule has 0 aliphatic rings. The third kappa shape index (κ3) is 3.40. The maximum absolute atomic E-state index is 10.7. The van der Waals surface area contributed by atoms with Crippen LogP contribution in [-0.2, 0) is 10.0 Å². The number of nitrogens with one attached hydrogen (secondary N) is 1. The Morgan fingerprint density at radius 2 is 2.08 bits per heavy atom. The zero-order chi connectivity index (χ0) is 9.35. The molecule has 13 heavy (non-hydrogen) atoms. The van der Waals surface area contributed by atoms with Crippen LogP contribution >= 0.6 is 0 Å². The molecular weight excluding hydrogens is 201 g/mol. The fraction of sp³-hybridized carbons (Fsp3) is 0.500. The van der Waals surface area contributed by atoms with Gasteiger partial charge in [-0.1, -0.05) is 0 Å². The van der Waals surface area contributed by atoms with Crippen molar-refractivity contribution >= 4 is 10.0 Å². The molecule has 0 aliphatic heterocycles. The van der Waals surface area contributed by atoms with Crippen LogP contribution in [0.5, 0.6) is 0 Å². The predicted molar refractivity (Wildman–Crippen MR) is 44.1 cm³/mol. The first-order valence-electron chi connectivity index (χ1n) is 3.46. The molecule has 0 atom stereocenters. The standard InChI is InChI=1S/C6H10N3O2S.Na/c1-5(2)9-4-3-6(8-9)12(7,10)11;/h3-5H,1-2H3,(H-,7,10,11);/q-1;+1. The van der Waals surface area contributed by atoms with Crippen LogP contribution in [0.25, 0.3) is 5.14 Å². The van der Waals surface area contributed by atoms with Gasteiger partial charge in [0.15, 0.2) is 5.03 Å². The van der Waals surface area contributed by atoms with Crippen molar-refractivity contribution in [2.24, 2.45) is 0 Å². The van der Waals surface area contributed by atoms with E-state index in [2.05, 4.69) is 5.10 Å². The van der Waals surface area contributed by atoms with Crippen molar-refractivity contribution in [1.29, 1.82) is 0 Å². The summed E-state index contributed by atoms with van der Waals surface area (Å²) in [5.74, 6) is 0. The molecule has 1 heterocycles. The molecule has 0 aliphatic carbocycles. The average molecular weight is 211 g/mol. The molecule has 1 rings (SSSR count). The number of sulfonamides is 1. The van der Waals surface area contributed by atoms with E-state index in [9.17, 15) is 8.42 Å². The molecule has 68 valence electrons. The molecule has 5 nitrogen and oxygen atoms in total. The fourth-order valence-electron chi connectivity index (χ4n) is 0.752. The summed E-state index contributed by atoms with van der Waals surface area (Å²) in [6, 6.07) is 1.43. The average Bonchev–Trinajstić information content (AvgIpc) is 2.30. The van der Waals surface area contributed by atoms with Crippen molar-refractivity contribution in [2.75, 3.05) is 0 Å². The van der Waals surface area contributed by atoms with Crippen molar-refractivity contribution in [3.8, 4) is 0 Å². The SMILES string of the molecule is CC(C)n1ccc(S([NH-])(=O)=O)n1.[Na+].